The Balaban J connectivity index is 1.88. The zero-order valence-electron chi connectivity index (χ0n) is 15.0. The molecule has 2 heterocycles. The first-order chi connectivity index (χ1) is 12.1. The predicted molar refractivity (Wildman–Crippen MR) is 102 cm³/mol. The summed E-state index contributed by atoms with van der Waals surface area (Å²) in [7, 11) is 6.10. The summed E-state index contributed by atoms with van der Waals surface area (Å²) >= 11 is 0. The van der Waals surface area contributed by atoms with Crippen molar-refractivity contribution in [2.45, 2.75) is 25.3 Å². The molecule has 0 saturated carbocycles. The fourth-order valence-corrected chi connectivity index (χ4v) is 4.04. The monoisotopic (exact) mass is 333 g/mol. The van der Waals surface area contributed by atoms with Gasteiger partial charge in [0.2, 0.25) is 0 Å². The predicted octanol–water partition coefficient (Wildman–Crippen LogP) is 3.54. The highest BCUT2D eigenvalue weighted by Gasteiger charge is 2.24. The van der Waals surface area contributed by atoms with E-state index >= 15 is 0 Å². The second-order valence-electron chi connectivity index (χ2n) is 7.13. The van der Waals surface area contributed by atoms with Gasteiger partial charge >= 0.3 is 0 Å². The second kappa shape index (κ2) is 6.12. The Labute approximate surface area is 147 Å². The Bertz CT molecular complexity index is 1000. The van der Waals surface area contributed by atoms with Gasteiger partial charge in [-0.1, -0.05) is 6.07 Å². The van der Waals surface area contributed by atoms with E-state index in [-0.39, 0.29) is 5.56 Å². The van der Waals surface area contributed by atoms with E-state index in [9.17, 15) is 4.79 Å². The van der Waals surface area contributed by atoms with E-state index in [0.29, 0.717) is 6.04 Å². The molecule has 4 heteroatoms. The number of hydrogen-bond acceptors (Lipinski definition) is 3. The van der Waals surface area contributed by atoms with Crippen LogP contribution in [0.25, 0.3) is 22.0 Å². The smallest absolute Gasteiger partial charge is 0.250 e. The van der Waals surface area contributed by atoms with Gasteiger partial charge < -0.3 is 9.47 Å². The third-order valence-corrected chi connectivity index (χ3v) is 5.41. The number of nitrogens with zero attached hydrogens (tertiary/aromatic N) is 3. The van der Waals surface area contributed by atoms with Crippen molar-refractivity contribution in [2.75, 3.05) is 14.1 Å². The molecule has 4 rings (SSSR count). The van der Waals surface area contributed by atoms with Gasteiger partial charge in [0, 0.05) is 37.1 Å². The fourth-order valence-electron chi connectivity index (χ4n) is 4.04. The Hall–Kier alpha value is -2.46. The van der Waals surface area contributed by atoms with Crippen molar-refractivity contribution in [3.05, 3.63) is 64.2 Å². The van der Waals surface area contributed by atoms with Gasteiger partial charge in [0.1, 0.15) is 0 Å². The molecule has 0 aliphatic heterocycles. The Morgan fingerprint density at radius 3 is 2.80 bits per heavy atom. The SMILES string of the molecule is CN(C)C1CCCc2c(-c3ccc4c(ccc(=O)n4C)c3)cncc21. The molecule has 0 saturated heterocycles. The van der Waals surface area contributed by atoms with E-state index in [1.807, 2.05) is 31.6 Å². The highest BCUT2D eigenvalue weighted by Crippen LogP contribution is 2.38. The fraction of sp³-hybridized carbons (Fsp3) is 0.333. The summed E-state index contributed by atoms with van der Waals surface area (Å²) in [6, 6.07) is 10.3. The lowest BCUT2D eigenvalue weighted by Gasteiger charge is -2.31. The highest BCUT2D eigenvalue weighted by atomic mass is 16.1. The van der Waals surface area contributed by atoms with Gasteiger partial charge in [-0.3, -0.25) is 9.78 Å². The minimum absolute atomic E-state index is 0.0211. The molecule has 1 unspecified atom stereocenters. The summed E-state index contributed by atoms with van der Waals surface area (Å²) in [5.41, 5.74) is 6.15. The molecular formula is C21H23N3O. The lowest BCUT2D eigenvalue weighted by Crippen LogP contribution is -2.24. The first-order valence-corrected chi connectivity index (χ1v) is 8.79. The van der Waals surface area contributed by atoms with E-state index in [1.54, 1.807) is 10.6 Å². The van der Waals surface area contributed by atoms with Crippen molar-refractivity contribution in [1.82, 2.24) is 14.5 Å². The van der Waals surface area contributed by atoms with Crippen LogP contribution >= 0.6 is 0 Å². The molecule has 128 valence electrons. The number of aryl methyl sites for hydroxylation is 1. The van der Waals surface area contributed by atoms with Crippen LogP contribution < -0.4 is 5.56 Å². The number of rotatable bonds is 2. The van der Waals surface area contributed by atoms with E-state index in [0.717, 1.165) is 17.3 Å². The summed E-state index contributed by atoms with van der Waals surface area (Å²) in [6.45, 7) is 0. The molecular weight excluding hydrogens is 310 g/mol. The van der Waals surface area contributed by atoms with E-state index in [2.05, 4.69) is 36.1 Å². The first kappa shape index (κ1) is 16.0. The van der Waals surface area contributed by atoms with Crippen molar-refractivity contribution >= 4 is 10.9 Å². The second-order valence-corrected chi connectivity index (χ2v) is 7.13. The van der Waals surface area contributed by atoms with Gasteiger partial charge in [-0.05, 0) is 73.6 Å². The van der Waals surface area contributed by atoms with Gasteiger partial charge in [-0.2, -0.15) is 0 Å². The molecule has 0 spiro atoms. The maximum absolute atomic E-state index is 11.8. The molecule has 0 N–H and O–H groups in total. The lowest BCUT2D eigenvalue weighted by atomic mass is 9.84. The summed E-state index contributed by atoms with van der Waals surface area (Å²) in [4.78, 5) is 18.7. The Kier molecular flexibility index (Phi) is 3.92. The van der Waals surface area contributed by atoms with Gasteiger partial charge in [0.05, 0.1) is 5.52 Å². The van der Waals surface area contributed by atoms with E-state index in [1.165, 1.54) is 35.1 Å². The van der Waals surface area contributed by atoms with Crippen LogP contribution in [0.5, 0.6) is 0 Å². The zero-order chi connectivity index (χ0) is 17.6. The molecule has 1 atom stereocenters. The van der Waals surface area contributed by atoms with Crippen molar-refractivity contribution in [2.24, 2.45) is 7.05 Å². The van der Waals surface area contributed by atoms with Gasteiger partial charge in [0.25, 0.3) is 5.56 Å². The van der Waals surface area contributed by atoms with Gasteiger partial charge in [-0.15, -0.1) is 0 Å². The normalized spacial score (nSPS) is 17.0. The van der Waals surface area contributed by atoms with Crippen molar-refractivity contribution in [1.29, 1.82) is 0 Å². The molecule has 0 fully saturated rings. The number of hydrogen-bond donors (Lipinski definition) is 0. The molecule has 2 aromatic heterocycles. The summed E-state index contributed by atoms with van der Waals surface area (Å²) in [6.07, 6.45) is 7.51. The van der Waals surface area contributed by atoms with E-state index in [4.69, 9.17) is 0 Å². The van der Waals surface area contributed by atoms with Gasteiger partial charge in [0.15, 0.2) is 0 Å². The average molecular weight is 333 g/mol. The molecule has 0 radical (unpaired) electrons. The molecule has 1 aliphatic carbocycles. The van der Waals surface area contributed by atoms with Crippen LogP contribution in [0.1, 0.15) is 30.0 Å². The molecule has 0 bridgehead atoms. The van der Waals surface area contributed by atoms with Crippen LogP contribution in [0, 0.1) is 0 Å². The van der Waals surface area contributed by atoms with Crippen LogP contribution in [0.2, 0.25) is 0 Å². The summed E-state index contributed by atoms with van der Waals surface area (Å²) < 4.78 is 1.69. The number of benzene rings is 1. The Morgan fingerprint density at radius 1 is 1.16 bits per heavy atom. The topological polar surface area (TPSA) is 38.1 Å². The number of aromatic nitrogens is 2. The van der Waals surface area contributed by atoms with Crippen LogP contribution in [-0.4, -0.2) is 28.5 Å². The summed E-state index contributed by atoms with van der Waals surface area (Å²) in [5.74, 6) is 0. The third kappa shape index (κ3) is 2.67. The molecule has 4 nitrogen and oxygen atoms in total. The number of pyridine rings is 2. The maximum Gasteiger partial charge on any atom is 0.250 e. The van der Waals surface area contributed by atoms with Crippen LogP contribution in [0.15, 0.2) is 47.5 Å². The molecule has 0 amide bonds. The van der Waals surface area contributed by atoms with E-state index < -0.39 is 0 Å². The zero-order valence-corrected chi connectivity index (χ0v) is 15.0. The Morgan fingerprint density at radius 2 is 2.00 bits per heavy atom. The molecule has 3 aromatic rings. The summed E-state index contributed by atoms with van der Waals surface area (Å²) in [5, 5.41) is 1.08. The standard InChI is InChI=1S/C21H23N3O/c1-23(2)20-6-4-5-16-17(12-22-13-18(16)20)14-7-9-19-15(11-14)8-10-21(25)24(19)3/h7-13,20H,4-6H2,1-3H3. The quantitative estimate of drug-likeness (QED) is 0.720. The average Bonchev–Trinajstić information content (AvgIpc) is 2.63. The largest absolute Gasteiger partial charge is 0.311 e. The molecule has 25 heavy (non-hydrogen) atoms. The first-order valence-electron chi connectivity index (χ1n) is 8.79. The minimum Gasteiger partial charge on any atom is -0.311 e. The van der Waals surface area contributed by atoms with Crippen LogP contribution in [0.4, 0.5) is 0 Å². The maximum atomic E-state index is 11.8. The van der Waals surface area contributed by atoms with Gasteiger partial charge in [-0.25, -0.2) is 0 Å². The lowest BCUT2D eigenvalue weighted by molar-refractivity contribution is 0.268. The molecule has 1 aliphatic rings. The van der Waals surface area contributed by atoms with Crippen LogP contribution in [-0.2, 0) is 13.5 Å². The minimum atomic E-state index is 0.0211. The van der Waals surface area contributed by atoms with Crippen molar-refractivity contribution < 1.29 is 0 Å². The molecule has 1 aromatic carbocycles. The number of fused-ring (bicyclic) bond motifs is 2. The van der Waals surface area contributed by atoms with Crippen molar-refractivity contribution in [3.8, 4) is 11.1 Å². The highest BCUT2D eigenvalue weighted by molar-refractivity contribution is 5.85. The van der Waals surface area contributed by atoms with Crippen molar-refractivity contribution in [3.63, 3.8) is 0 Å². The van der Waals surface area contributed by atoms with Crippen LogP contribution in [0.3, 0.4) is 0 Å². The third-order valence-electron chi connectivity index (χ3n) is 5.41.